The van der Waals surface area contributed by atoms with Crippen molar-refractivity contribution in [3.63, 3.8) is 0 Å². The minimum Gasteiger partial charge on any atom is -0.487 e. The van der Waals surface area contributed by atoms with E-state index < -0.39 is 0 Å². The first-order chi connectivity index (χ1) is 10.1. The maximum absolute atomic E-state index is 5.95. The van der Waals surface area contributed by atoms with Crippen molar-refractivity contribution in [2.24, 2.45) is 5.92 Å². The third kappa shape index (κ3) is 4.88. The minimum atomic E-state index is 0.165. The van der Waals surface area contributed by atoms with E-state index in [1.165, 1.54) is 12.8 Å². The van der Waals surface area contributed by atoms with Gasteiger partial charge in [0.1, 0.15) is 0 Å². The van der Waals surface area contributed by atoms with Gasteiger partial charge in [-0.05, 0) is 51.3 Å². The third-order valence-corrected chi connectivity index (χ3v) is 3.60. The Bertz CT molecular complexity index is 428. The van der Waals surface area contributed by atoms with Gasteiger partial charge in [-0.25, -0.2) is 4.98 Å². The highest BCUT2D eigenvalue weighted by molar-refractivity contribution is 5.52. The second-order valence-electron chi connectivity index (χ2n) is 6.58. The molecule has 1 fully saturated rings. The first-order valence-corrected chi connectivity index (χ1v) is 8.16. The van der Waals surface area contributed by atoms with Gasteiger partial charge in [0.25, 0.3) is 0 Å². The summed E-state index contributed by atoms with van der Waals surface area (Å²) in [5.41, 5.74) is 0. The molecule has 1 unspecified atom stereocenters. The highest BCUT2D eigenvalue weighted by Gasteiger charge is 2.22. The van der Waals surface area contributed by atoms with Gasteiger partial charge in [0, 0.05) is 25.3 Å². The lowest BCUT2D eigenvalue weighted by Crippen LogP contribution is -2.40. The van der Waals surface area contributed by atoms with E-state index in [1.807, 2.05) is 18.3 Å². The van der Waals surface area contributed by atoms with Gasteiger partial charge >= 0.3 is 0 Å². The number of rotatable bonds is 7. The fourth-order valence-corrected chi connectivity index (χ4v) is 2.83. The van der Waals surface area contributed by atoms with Gasteiger partial charge in [0.15, 0.2) is 11.6 Å². The molecular weight excluding hydrogens is 262 g/mol. The smallest absolute Gasteiger partial charge is 0.171 e. The fourth-order valence-electron chi connectivity index (χ4n) is 2.83. The molecule has 0 bridgehead atoms. The van der Waals surface area contributed by atoms with Crippen LogP contribution < -0.4 is 15.0 Å². The molecule has 0 amide bonds. The number of hydrogen-bond acceptors (Lipinski definition) is 4. The van der Waals surface area contributed by atoms with Crippen LogP contribution in [-0.4, -0.2) is 36.8 Å². The average Bonchev–Trinajstić information content (AvgIpc) is 2.90. The summed E-state index contributed by atoms with van der Waals surface area (Å²) in [4.78, 5) is 6.98. The Morgan fingerprint density at radius 2 is 2.19 bits per heavy atom. The Labute approximate surface area is 128 Å². The van der Waals surface area contributed by atoms with Crippen LogP contribution >= 0.6 is 0 Å². The lowest BCUT2D eigenvalue weighted by molar-refractivity contribution is 0.241. The Morgan fingerprint density at radius 1 is 1.38 bits per heavy atom. The number of nitrogens with zero attached hydrogens (tertiary/aromatic N) is 2. The molecule has 1 N–H and O–H groups in total. The van der Waals surface area contributed by atoms with Crippen molar-refractivity contribution in [1.82, 2.24) is 10.3 Å². The Kier molecular flexibility index (Phi) is 5.85. The van der Waals surface area contributed by atoms with Crippen molar-refractivity contribution < 1.29 is 4.74 Å². The molecule has 1 aromatic rings. The van der Waals surface area contributed by atoms with Crippen LogP contribution in [-0.2, 0) is 0 Å². The first kappa shape index (κ1) is 16.1. The van der Waals surface area contributed by atoms with E-state index in [1.54, 1.807) is 0 Å². The van der Waals surface area contributed by atoms with Gasteiger partial charge in [-0.2, -0.15) is 0 Å². The molecule has 0 aliphatic carbocycles. The summed E-state index contributed by atoms with van der Waals surface area (Å²) >= 11 is 0. The summed E-state index contributed by atoms with van der Waals surface area (Å²) in [5, 5.41) is 3.58. The molecule has 1 aromatic heterocycles. The second-order valence-corrected chi connectivity index (χ2v) is 6.58. The van der Waals surface area contributed by atoms with Crippen LogP contribution in [0.4, 0.5) is 5.82 Å². The van der Waals surface area contributed by atoms with Crippen molar-refractivity contribution in [3.05, 3.63) is 18.3 Å². The van der Waals surface area contributed by atoms with E-state index in [2.05, 4.69) is 42.9 Å². The van der Waals surface area contributed by atoms with Gasteiger partial charge in [-0.1, -0.05) is 13.8 Å². The molecule has 1 aliphatic rings. The second kappa shape index (κ2) is 7.64. The van der Waals surface area contributed by atoms with Crippen LogP contribution in [0.5, 0.6) is 5.75 Å². The third-order valence-electron chi connectivity index (χ3n) is 3.60. The Morgan fingerprint density at radius 3 is 2.81 bits per heavy atom. The predicted octanol–water partition coefficient (Wildman–Crippen LogP) is 3.08. The van der Waals surface area contributed by atoms with Gasteiger partial charge in [0.05, 0.1) is 6.10 Å². The zero-order valence-corrected chi connectivity index (χ0v) is 13.8. The molecule has 1 saturated heterocycles. The molecule has 0 spiro atoms. The summed E-state index contributed by atoms with van der Waals surface area (Å²) < 4.78 is 5.95. The predicted molar refractivity (Wildman–Crippen MR) is 88.1 cm³/mol. The van der Waals surface area contributed by atoms with Crippen LogP contribution in [0, 0.1) is 5.92 Å². The largest absolute Gasteiger partial charge is 0.487 e. The standard InChI is InChI=1S/C17H29N3O/c1-13(2)11-20(12-15-7-5-9-18-15)17-16(21-14(3)4)8-6-10-19-17/h6,8,10,13-15,18H,5,7,9,11-12H2,1-4H3. The maximum atomic E-state index is 5.95. The molecule has 118 valence electrons. The Balaban J connectivity index is 2.18. The van der Waals surface area contributed by atoms with E-state index >= 15 is 0 Å². The van der Waals surface area contributed by atoms with Crippen LogP contribution in [0.25, 0.3) is 0 Å². The fraction of sp³-hybridized carbons (Fsp3) is 0.706. The van der Waals surface area contributed by atoms with Crippen LogP contribution in [0.2, 0.25) is 0 Å². The molecule has 0 aromatic carbocycles. The van der Waals surface area contributed by atoms with Crippen LogP contribution in [0.3, 0.4) is 0 Å². The zero-order chi connectivity index (χ0) is 15.2. The minimum absolute atomic E-state index is 0.165. The topological polar surface area (TPSA) is 37.4 Å². The molecule has 0 radical (unpaired) electrons. The SMILES string of the molecule is CC(C)CN(CC1CCCN1)c1ncccc1OC(C)C. The summed E-state index contributed by atoms with van der Waals surface area (Å²) in [7, 11) is 0. The molecule has 4 heteroatoms. The Hall–Kier alpha value is -1.29. The number of anilines is 1. The lowest BCUT2D eigenvalue weighted by atomic mass is 10.1. The van der Waals surface area contributed by atoms with Crippen molar-refractivity contribution in [2.45, 2.75) is 52.7 Å². The summed E-state index contributed by atoms with van der Waals surface area (Å²) in [5.74, 6) is 2.47. The number of aromatic nitrogens is 1. The van der Waals surface area contributed by atoms with Crippen molar-refractivity contribution in [3.8, 4) is 5.75 Å². The van der Waals surface area contributed by atoms with Gasteiger partial charge in [-0.3, -0.25) is 0 Å². The maximum Gasteiger partial charge on any atom is 0.171 e. The summed E-state index contributed by atoms with van der Waals surface area (Å²) in [6.07, 6.45) is 4.55. The highest BCUT2D eigenvalue weighted by Crippen LogP contribution is 2.27. The zero-order valence-electron chi connectivity index (χ0n) is 13.8. The van der Waals surface area contributed by atoms with Crippen molar-refractivity contribution in [1.29, 1.82) is 0 Å². The molecule has 2 rings (SSSR count). The summed E-state index contributed by atoms with van der Waals surface area (Å²) in [6.45, 7) is 11.8. The molecular formula is C17H29N3O. The van der Waals surface area contributed by atoms with Crippen LogP contribution in [0.1, 0.15) is 40.5 Å². The van der Waals surface area contributed by atoms with E-state index in [9.17, 15) is 0 Å². The molecule has 0 saturated carbocycles. The molecule has 4 nitrogen and oxygen atoms in total. The number of ether oxygens (including phenoxy) is 1. The lowest BCUT2D eigenvalue weighted by Gasteiger charge is -2.30. The van der Waals surface area contributed by atoms with Gasteiger partial charge < -0.3 is 15.0 Å². The van der Waals surface area contributed by atoms with E-state index in [4.69, 9.17) is 4.74 Å². The highest BCUT2D eigenvalue weighted by atomic mass is 16.5. The number of hydrogen-bond donors (Lipinski definition) is 1. The number of nitrogens with one attached hydrogen (secondary N) is 1. The molecule has 1 atom stereocenters. The number of pyridine rings is 1. The average molecular weight is 291 g/mol. The molecule has 1 aliphatic heterocycles. The molecule has 2 heterocycles. The van der Waals surface area contributed by atoms with Gasteiger partial charge in [-0.15, -0.1) is 0 Å². The van der Waals surface area contributed by atoms with Crippen molar-refractivity contribution in [2.75, 3.05) is 24.5 Å². The van der Waals surface area contributed by atoms with Crippen LogP contribution in [0.15, 0.2) is 18.3 Å². The normalized spacial score (nSPS) is 18.5. The van der Waals surface area contributed by atoms with Gasteiger partial charge in [0.2, 0.25) is 0 Å². The first-order valence-electron chi connectivity index (χ1n) is 8.16. The van der Waals surface area contributed by atoms with Crippen molar-refractivity contribution >= 4 is 5.82 Å². The van der Waals surface area contributed by atoms with E-state index in [0.717, 1.165) is 31.2 Å². The monoisotopic (exact) mass is 291 g/mol. The summed E-state index contributed by atoms with van der Waals surface area (Å²) in [6, 6.07) is 4.54. The quantitative estimate of drug-likeness (QED) is 0.837. The van der Waals surface area contributed by atoms with E-state index in [0.29, 0.717) is 12.0 Å². The molecule has 21 heavy (non-hydrogen) atoms. The van der Waals surface area contributed by atoms with E-state index in [-0.39, 0.29) is 6.10 Å².